The van der Waals surface area contributed by atoms with Crippen LogP contribution in [0.2, 0.25) is 0 Å². The average molecular weight is 465 g/mol. The molecule has 0 saturated heterocycles. The molecule has 4 rings (SSSR count). The third-order valence-corrected chi connectivity index (χ3v) is 6.66. The third-order valence-electron chi connectivity index (χ3n) is 4.54. The van der Waals surface area contributed by atoms with E-state index in [1.54, 1.807) is 23.1 Å². The SMILES string of the molecule is Cc1cc(C)cc(OCCSc2nc3ccc(NC(=O)COc4ccccc4)cc3s2)c1. The minimum Gasteiger partial charge on any atom is -0.493 e. The summed E-state index contributed by atoms with van der Waals surface area (Å²) in [5, 5.41) is 2.88. The third kappa shape index (κ3) is 6.24. The van der Waals surface area contributed by atoms with E-state index in [9.17, 15) is 4.79 Å². The van der Waals surface area contributed by atoms with Crippen molar-refractivity contribution in [2.24, 2.45) is 0 Å². The minimum atomic E-state index is -0.198. The molecule has 7 heteroatoms. The van der Waals surface area contributed by atoms with Crippen LogP contribution in [0.1, 0.15) is 11.1 Å². The number of anilines is 1. The van der Waals surface area contributed by atoms with E-state index >= 15 is 0 Å². The van der Waals surface area contributed by atoms with Crippen LogP contribution >= 0.6 is 23.1 Å². The lowest BCUT2D eigenvalue weighted by molar-refractivity contribution is -0.118. The number of hydrogen-bond acceptors (Lipinski definition) is 6. The molecule has 3 aromatic carbocycles. The molecule has 0 saturated carbocycles. The molecule has 164 valence electrons. The van der Waals surface area contributed by atoms with E-state index in [-0.39, 0.29) is 12.5 Å². The number of aromatic nitrogens is 1. The molecule has 0 atom stereocenters. The molecular weight excluding hydrogens is 440 g/mol. The second-order valence-electron chi connectivity index (χ2n) is 7.33. The summed E-state index contributed by atoms with van der Waals surface area (Å²) < 4.78 is 13.4. The van der Waals surface area contributed by atoms with Crippen molar-refractivity contribution >= 4 is 44.9 Å². The molecule has 0 bridgehead atoms. The molecule has 32 heavy (non-hydrogen) atoms. The zero-order chi connectivity index (χ0) is 22.3. The summed E-state index contributed by atoms with van der Waals surface area (Å²) in [6.45, 7) is 4.73. The van der Waals surface area contributed by atoms with Crippen LogP contribution in [0, 0.1) is 13.8 Å². The molecule has 1 heterocycles. The van der Waals surface area contributed by atoms with Crippen LogP contribution in [0.15, 0.2) is 71.1 Å². The van der Waals surface area contributed by atoms with Gasteiger partial charge in [0.05, 0.1) is 16.8 Å². The van der Waals surface area contributed by atoms with Crippen LogP contribution < -0.4 is 14.8 Å². The van der Waals surface area contributed by atoms with E-state index in [1.165, 1.54) is 11.1 Å². The number of fused-ring (bicyclic) bond motifs is 1. The fourth-order valence-corrected chi connectivity index (χ4v) is 5.21. The predicted molar refractivity (Wildman–Crippen MR) is 132 cm³/mol. The summed E-state index contributed by atoms with van der Waals surface area (Å²) in [6.07, 6.45) is 0. The lowest BCUT2D eigenvalue weighted by Crippen LogP contribution is -2.20. The number of hydrogen-bond donors (Lipinski definition) is 1. The van der Waals surface area contributed by atoms with Gasteiger partial charge in [-0.05, 0) is 67.4 Å². The van der Waals surface area contributed by atoms with Crippen LogP contribution in [0.4, 0.5) is 5.69 Å². The number of benzene rings is 3. The second-order valence-corrected chi connectivity index (χ2v) is 9.71. The molecular formula is C25H24N2O3S2. The van der Waals surface area contributed by atoms with Crippen molar-refractivity contribution < 1.29 is 14.3 Å². The van der Waals surface area contributed by atoms with Crippen LogP contribution in [-0.2, 0) is 4.79 Å². The lowest BCUT2D eigenvalue weighted by Gasteiger charge is -2.07. The first-order chi connectivity index (χ1) is 15.5. The van der Waals surface area contributed by atoms with Gasteiger partial charge in [0.2, 0.25) is 0 Å². The average Bonchev–Trinajstić information content (AvgIpc) is 3.17. The topological polar surface area (TPSA) is 60.5 Å². The van der Waals surface area contributed by atoms with Crippen LogP contribution in [0.5, 0.6) is 11.5 Å². The van der Waals surface area contributed by atoms with Gasteiger partial charge in [-0.15, -0.1) is 11.3 Å². The number of carbonyl (C=O) groups is 1. The maximum atomic E-state index is 12.2. The molecule has 1 N–H and O–H groups in total. The number of nitrogens with zero attached hydrogens (tertiary/aromatic N) is 1. The molecule has 0 aliphatic rings. The van der Waals surface area contributed by atoms with E-state index in [0.717, 1.165) is 31.7 Å². The molecule has 5 nitrogen and oxygen atoms in total. The summed E-state index contributed by atoms with van der Waals surface area (Å²) in [5.41, 5.74) is 4.06. The molecule has 0 aliphatic carbocycles. The monoisotopic (exact) mass is 464 g/mol. The van der Waals surface area contributed by atoms with Crippen molar-refractivity contribution in [2.45, 2.75) is 18.2 Å². The van der Waals surface area contributed by atoms with Crippen molar-refractivity contribution in [1.29, 1.82) is 0 Å². The summed E-state index contributed by atoms with van der Waals surface area (Å²) in [7, 11) is 0. The van der Waals surface area contributed by atoms with Crippen molar-refractivity contribution in [3.63, 3.8) is 0 Å². The molecule has 0 aliphatic heterocycles. The maximum Gasteiger partial charge on any atom is 0.262 e. The van der Waals surface area contributed by atoms with Crippen molar-refractivity contribution in [3.05, 3.63) is 77.9 Å². The number of rotatable bonds is 9. The number of amides is 1. The predicted octanol–water partition coefficient (Wildman–Crippen LogP) is 6.10. The normalized spacial score (nSPS) is 10.8. The lowest BCUT2D eigenvalue weighted by atomic mass is 10.1. The van der Waals surface area contributed by atoms with E-state index in [4.69, 9.17) is 9.47 Å². The number of para-hydroxylation sites is 1. The standard InChI is InChI=1S/C25H24N2O3S2/c1-17-12-18(2)14-21(13-17)29-10-11-31-25-27-22-9-8-19(15-23(22)32-25)26-24(28)16-30-20-6-4-3-5-7-20/h3-9,12-15H,10-11,16H2,1-2H3,(H,26,28). The first kappa shape index (κ1) is 22.2. The van der Waals surface area contributed by atoms with E-state index in [1.807, 2.05) is 48.5 Å². The Morgan fingerprint density at radius 1 is 0.969 bits per heavy atom. The van der Waals surface area contributed by atoms with Crippen molar-refractivity contribution in [2.75, 3.05) is 24.3 Å². The smallest absolute Gasteiger partial charge is 0.262 e. The highest BCUT2D eigenvalue weighted by atomic mass is 32.2. The molecule has 0 radical (unpaired) electrons. The van der Waals surface area contributed by atoms with Crippen LogP contribution in [-0.4, -0.2) is 29.9 Å². The first-order valence-electron chi connectivity index (χ1n) is 10.3. The molecule has 0 spiro atoms. The number of thioether (sulfide) groups is 1. The molecule has 1 aromatic heterocycles. The van der Waals surface area contributed by atoms with Gasteiger partial charge in [0.25, 0.3) is 5.91 Å². The van der Waals surface area contributed by atoms with Gasteiger partial charge < -0.3 is 14.8 Å². The first-order valence-corrected chi connectivity index (χ1v) is 12.1. The van der Waals surface area contributed by atoms with Gasteiger partial charge >= 0.3 is 0 Å². The second kappa shape index (κ2) is 10.5. The molecule has 1 amide bonds. The summed E-state index contributed by atoms with van der Waals surface area (Å²) in [6, 6.07) is 21.3. The Kier molecular flexibility index (Phi) is 7.29. The van der Waals surface area contributed by atoms with Gasteiger partial charge in [-0.25, -0.2) is 4.98 Å². The fraction of sp³-hybridized carbons (Fsp3) is 0.200. The molecule has 0 unspecified atom stereocenters. The Hall–Kier alpha value is -3.03. The van der Waals surface area contributed by atoms with Gasteiger partial charge in [0.1, 0.15) is 11.5 Å². The Balaban J connectivity index is 1.28. The number of nitrogens with one attached hydrogen (secondary N) is 1. The van der Waals surface area contributed by atoms with Crippen LogP contribution in [0.3, 0.4) is 0 Å². The highest BCUT2D eigenvalue weighted by Crippen LogP contribution is 2.31. The summed E-state index contributed by atoms with van der Waals surface area (Å²) in [4.78, 5) is 16.9. The van der Waals surface area contributed by atoms with Crippen molar-refractivity contribution in [1.82, 2.24) is 4.98 Å². The highest BCUT2D eigenvalue weighted by Gasteiger charge is 2.08. The van der Waals surface area contributed by atoms with Crippen molar-refractivity contribution in [3.8, 4) is 11.5 Å². The Labute approximate surface area is 195 Å². The highest BCUT2D eigenvalue weighted by molar-refractivity contribution is 8.01. The van der Waals surface area contributed by atoms with Gasteiger partial charge in [-0.2, -0.15) is 0 Å². The summed E-state index contributed by atoms with van der Waals surface area (Å²) in [5.74, 6) is 2.19. The largest absolute Gasteiger partial charge is 0.493 e. The Morgan fingerprint density at radius 3 is 2.53 bits per heavy atom. The van der Waals surface area contributed by atoms with Gasteiger partial charge in [-0.3, -0.25) is 4.79 Å². The van der Waals surface area contributed by atoms with Gasteiger partial charge in [-0.1, -0.05) is 36.0 Å². The van der Waals surface area contributed by atoms with E-state index in [0.29, 0.717) is 12.4 Å². The minimum absolute atomic E-state index is 0.0354. The fourth-order valence-electron chi connectivity index (χ4n) is 3.21. The zero-order valence-electron chi connectivity index (χ0n) is 18.0. The Bertz CT molecular complexity index is 1190. The van der Waals surface area contributed by atoms with Gasteiger partial charge in [0.15, 0.2) is 10.9 Å². The number of carbonyl (C=O) groups excluding carboxylic acids is 1. The summed E-state index contributed by atoms with van der Waals surface area (Å²) >= 11 is 3.29. The van der Waals surface area contributed by atoms with Gasteiger partial charge in [0, 0.05) is 11.4 Å². The van der Waals surface area contributed by atoms with E-state index < -0.39 is 0 Å². The number of thiazole rings is 1. The van der Waals surface area contributed by atoms with E-state index in [2.05, 4.69) is 42.3 Å². The maximum absolute atomic E-state index is 12.2. The quantitative estimate of drug-likeness (QED) is 0.239. The van der Waals surface area contributed by atoms with Crippen LogP contribution in [0.25, 0.3) is 10.2 Å². The zero-order valence-corrected chi connectivity index (χ0v) is 19.6. The number of ether oxygens (including phenoxy) is 2. The Morgan fingerprint density at radius 2 is 1.75 bits per heavy atom. The molecule has 0 fully saturated rings. The number of aryl methyl sites for hydroxylation is 2. The molecule has 4 aromatic rings.